The highest BCUT2D eigenvalue weighted by molar-refractivity contribution is 6.02. The van der Waals surface area contributed by atoms with E-state index in [1.807, 2.05) is 18.2 Å². The molecular weight excluding hydrogens is 290 g/mol. The first kappa shape index (κ1) is 14.5. The molecule has 122 valence electrons. The van der Waals surface area contributed by atoms with Gasteiger partial charge >= 0.3 is 0 Å². The van der Waals surface area contributed by atoms with E-state index < -0.39 is 0 Å². The SMILES string of the molecule is O=C(NC1CC1)c1cc(NC(=O)C2CC2)ccc1N1CCCC1. The first-order chi connectivity index (χ1) is 11.2. The van der Waals surface area contributed by atoms with Crippen molar-refractivity contribution in [2.24, 2.45) is 5.92 Å². The maximum Gasteiger partial charge on any atom is 0.253 e. The second-order valence-electron chi connectivity index (χ2n) is 6.94. The lowest BCUT2D eigenvalue weighted by atomic mass is 10.1. The van der Waals surface area contributed by atoms with Crippen LogP contribution < -0.4 is 15.5 Å². The Morgan fingerprint density at radius 3 is 2.43 bits per heavy atom. The van der Waals surface area contributed by atoms with Gasteiger partial charge in [0.2, 0.25) is 5.91 Å². The fourth-order valence-corrected chi connectivity index (χ4v) is 3.11. The molecule has 1 aromatic rings. The quantitative estimate of drug-likeness (QED) is 0.878. The van der Waals surface area contributed by atoms with Crippen LogP contribution in [0.5, 0.6) is 0 Å². The summed E-state index contributed by atoms with van der Waals surface area (Å²) in [4.78, 5) is 26.8. The van der Waals surface area contributed by atoms with Gasteiger partial charge in [-0.1, -0.05) is 0 Å². The molecule has 1 aliphatic heterocycles. The highest BCUT2D eigenvalue weighted by Gasteiger charge is 2.30. The molecule has 2 amide bonds. The molecule has 2 saturated carbocycles. The minimum Gasteiger partial charge on any atom is -0.371 e. The molecule has 5 heteroatoms. The zero-order valence-electron chi connectivity index (χ0n) is 13.3. The average molecular weight is 313 g/mol. The van der Waals surface area contributed by atoms with E-state index in [1.54, 1.807) is 0 Å². The topological polar surface area (TPSA) is 61.4 Å². The molecule has 3 aliphatic rings. The average Bonchev–Trinajstić information content (AvgIpc) is 3.47. The Morgan fingerprint density at radius 1 is 1.04 bits per heavy atom. The van der Waals surface area contributed by atoms with Gasteiger partial charge in [-0.05, 0) is 56.7 Å². The lowest BCUT2D eigenvalue weighted by Crippen LogP contribution is -2.29. The Morgan fingerprint density at radius 2 is 1.78 bits per heavy atom. The molecule has 0 atom stereocenters. The first-order valence-electron chi connectivity index (χ1n) is 8.71. The van der Waals surface area contributed by atoms with Crippen LogP contribution in [-0.2, 0) is 4.79 Å². The van der Waals surface area contributed by atoms with E-state index in [2.05, 4.69) is 15.5 Å². The van der Waals surface area contributed by atoms with Gasteiger partial charge in [-0.2, -0.15) is 0 Å². The van der Waals surface area contributed by atoms with Crippen LogP contribution in [0.15, 0.2) is 18.2 Å². The molecule has 1 saturated heterocycles. The summed E-state index contributed by atoms with van der Waals surface area (Å²) in [6.45, 7) is 2.00. The standard InChI is InChI=1S/C18H23N3O2/c22-17(12-3-4-12)20-14-7-8-16(21-9-1-2-10-21)15(11-14)18(23)19-13-5-6-13/h7-8,11-13H,1-6,9-10H2,(H,19,23)(H,20,22). The summed E-state index contributed by atoms with van der Waals surface area (Å²) >= 11 is 0. The predicted octanol–water partition coefficient (Wildman–Crippen LogP) is 2.53. The summed E-state index contributed by atoms with van der Waals surface area (Å²) in [5.74, 6) is 0.224. The number of carbonyl (C=O) groups excluding carboxylic acids is 2. The Kier molecular flexibility index (Phi) is 3.71. The van der Waals surface area contributed by atoms with Crippen molar-refractivity contribution in [3.8, 4) is 0 Å². The van der Waals surface area contributed by atoms with E-state index in [1.165, 1.54) is 12.8 Å². The number of nitrogens with one attached hydrogen (secondary N) is 2. The molecule has 1 aromatic carbocycles. The molecule has 0 spiro atoms. The lowest BCUT2D eigenvalue weighted by molar-refractivity contribution is -0.117. The highest BCUT2D eigenvalue weighted by atomic mass is 16.2. The van der Waals surface area contributed by atoms with E-state index in [-0.39, 0.29) is 17.7 Å². The van der Waals surface area contributed by atoms with Crippen molar-refractivity contribution in [3.05, 3.63) is 23.8 Å². The van der Waals surface area contributed by atoms with Gasteiger partial charge in [0.1, 0.15) is 0 Å². The van der Waals surface area contributed by atoms with Gasteiger partial charge in [0.05, 0.1) is 5.56 Å². The van der Waals surface area contributed by atoms with Gasteiger partial charge < -0.3 is 15.5 Å². The molecular formula is C18H23N3O2. The predicted molar refractivity (Wildman–Crippen MR) is 89.7 cm³/mol. The molecule has 0 aromatic heterocycles. The third kappa shape index (κ3) is 3.33. The maximum atomic E-state index is 12.6. The lowest BCUT2D eigenvalue weighted by Gasteiger charge is -2.22. The minimum atomic E-state index is -0.0167. The largest absolute Gasteiger partial charge is 0.371 e. The third-order valence-electron chi connectivity index (χ3n) is 4.82. The van der Waals surface area contributed by atoms with E-state index in [0.29, 0.717) is 11.6 Å². The van der Waals surface area contributed by atoms with Crippen molar-refractivity contribution >= 4 is 23.2 Å². The maximum absolute atomic E-state index is 12.6. The minimum absolute atomic E-state index is 0.0167. The van der Waals surface area contributed by atoms with Crippen LogP contribution in [-0.4, -0.2) is 30.9 Å². The molecule has 0 unspecified atom stereocenters. The van der Waals surface area contributed by atoms with Gasteiger partial charge in [-0.3, -0.25) is 9.59 Å². The van der Waals surface area contributed by atoms with Gasteiger partial charge in [-0.25, -0.2) is 0 Å². The molecule has 5 nitrogen and oxygen atoms in total. The number of hydrogen-bond donors (Lipinski definition) is 2. The third-order valence-corrected chi connectivity index (χ3v) is 4.82. The van der Waals surface area contributed by atoms with E-state index in [0.717, 1.165) is 50.1 Å². The molecule has 2 aliphatic carbocycles. The number of carbonyl (C=O) groups is 2. The van der Waals surface area contributed by atoms with Crippen molar-refractivity contribution in [1.29, 1.82) is 0 Å². The Bertz CT molecular complexity index is 629. The van der Waals surface area contributed by atoms with Crippen LogP contribution >= 0.6 is 0 Å². The van der Waals surface area contributed by atoms with Gasteiger partial charge in [0.15, 0.2) is 0 Å². The fraction of sp³-hybridized carbons (Fsp3) is 0.556. The van der Waals surface area contributed by atoms with Crippen LogP contribution in [0.3, 0.4) is 0 Å². The van der Waals surface area contributed by atoms with E-state index in [9.17, 15) is 9.59 Å². The number of benzene rings is 1. The van der Waals surface area contributed by atoms with Crippen LogP contribution in [0, 0.1) is 5.92 Å². The summed E-state index contributed by atoms with van der Waals surface area (Å²) in [6, 6.07) is 6.07. The number of rotatable bonds is 5. The highest BCUT2D eigenvalue weighted by Crippen LogP contribution is 2.32. The Hall–Kier alpha value is -2.04. The van der Waals surface area contributed by atoms with Crippen molar-refractivity contribution in [1.82, 2.24) is 5.32 Å². The van der Waals surface area contributed by atoms with Crippen molar-refractivity contribution in [2.75, 3.05) is 23.3 Å². The summed E-state index contributed by atoms with van der Waals surface area (Å²) in [5.41, 5.74) is 2.41. The normalized spacial score (nSPS) is 20.4. The van der Waals surface area contributed by atoms with Gasteiger partial charge in [0.25, 0.3) is 5.91 Å². The zero-order chi connectivity index (χ0) is 15.8. The monoisotopic (exact) mass is 313 g/mol. The van der Waals surface area contributed by atoms with Gasteiger partial charge in [-0.15, -0.1) is 0 Å². The molecule has 2 N–H and O–H groups in total. The second-order valence-corrected chi connectivity index (χ2v) is 6.94. The number of anilines is 2. The van der Waals surface area contributed by atoms with Crippen molar-refractivity contribution in [2.45, 2.75) is 44.6 Å². The summed E-state index contributed by atoms with van der Waals surface area (Å²) in [7, 11) is 0. The molecule has 23 heavy (non-hydrogen) atoms. The molecule has 1 heterocycles. The fourth-order valence-electron chi connectivity index (χ4n) is 3.11. The van der Waals surface area contributed by atoms with Crippen LogP contribution in [0.2, 0.25) is 0 Å². The summed E-state index contributed by atoms with van der Waals surface area (Å²) in [5, 5.41) is 6.02. The van der Waals surface area contributed by atoms with Gasteiger partial charge in [0, 0.05) is 36.4 Å². The Labute approximate surface area is 136 Å². The number of nitrogens with zero attached hydrogens (tertiary/aromatic N) is 1. The zero-order valence-corrected chi connectivity index (χ0v) is 13.3. The van der Waals surface area contributed by atoms with E-state index >= 15 is 0 Å². The van der Waals surface area contributed by atoms with Crippen LogP contribution in [0.25, 0.3) is 0 Å². The smallest absolute Gasteiger partial charge is 0.253 e. The first-order valence-corrected chi connectivity index (χ1v) is 8.71. The Balaban J connectivity index is 1.58. The number of amides is 2. The molecule has 0 bridgehead atoms. The summed E-state index contributed by atoms with van der Waals surface area (Å²) in [6.07, 6.45) is 6.44. The second kappa shape index (κ2) is 5.87. The van der Waals surface area contributed by atoms with Crippen LogP contribution in [0.4, 0.5) is 11.4 Å². The molecule has 3 fully saturated rings. The van der Waals surface area contributed by atoms with Crippen molar-refractivity contribution in [3.63, 3.8) is 0 Å². The van der Waals surface area contributed by atoms with Crippen molar-refractivity contribution < 1.29 is 9.59 Å². The molecule has 4 rings (SSSR count). The number of hydrogen-bond acceptors (Lipinski definition) is 3. The molecule has 0 radical (unpaired) electrons. The van der Waals surface area contributed by atoms with Crippen LogP contribution in [0.1, 0.15) is 48.9 Å². The summed E-state index contributed by atoms with van der Waals surface area (Å²) < 4.78 is 0. The van der Waals surface area contributed by atoms with E-state index in [4.69, 9.17) is 0 Å².